The number of urea groups is 1. The Bertz CT molecular complexity index is 751. The highest BCUT2D eigenvalue weighted by Gasteiger charge is 2.49. The van der Waals surface area contributed by atoms with Crippen LogP contribution in [0.4, 0.5) is 4.79 Å². The van der Waals surface area contributed by atoms with E-state index in [-0.39, 0.29) is 5.41 Å². The Labute approximate surface area is 151 Å². The zero-order valence-corrected chi connectivity index (χ0v) is 15.3. The van der Waals surface area contributed by atoms with Crippen molar-refractivity contribution in [1.29, 1.82) is 0 Å². The fraction of sp³-hybridized carbons (Fsp3) is 0.444. The van der Waals surface area contributed by atoms with Gasteiger partial charge in [-0.3, -0.25) is 19.3 Å². The summed E-state index contributed by atoms with van der Waals surface area (Å²) in [7, 11) is 0. The average molecular weight is 361 g/mol. The quantitative estimate of drug-likeness (QED) is 0.676. The molecule has 1 fully saturated rings. The second kappa shape index (κ2) is 6.78. The van der Waals surface area contributed by atoms with Crippen molar-refractivity contribution in [2.45, 2.75) is 38.6 Å². The van der Waals surface area contributed by atoms with Gasteiger partial charge in [-0.15, -0.1) is 0 Å². The van der Waals surface area contributed by atoms with Crippen LogP contribution in [0.5, 0.6) is 0 Å². The maximum atomic E-state index is 12.7. The molecule has 140 valence electrons. The van der Waals surface area contributed by atoms with E-state index in [0.717, 1.165) is 10.5 Å². The Hall–Kier alpha value is -2.90. The van der Waals surface area contributed by atoms with Crippen LogP contribution in [0, 0.1) is 0 Å². The van der Waals surface area contributed by atoms with E-state index in [2.05, 4.69) is 31.4 Å². The van der Waals surface area contributed by atoms with Crippen molar-refractivity contribution in [1.82, 2.24) is 15.5 Å². The standard InChI is InChI=1S/C18H23N3O5/c1-17(2,3)11-5-7-12(8-6-11)18(4)15(25)21(16(26)20-18)10-13(22)19-9-14(23)24/h5-8H,9-10H2,1-4H3,(H,19,22)(H,20,26)(H,23,24). The molecule has 8 nitrogen and oxygen atoms in total. The van der Waals surface area contributed by atoms with Gasteiger partial charge in [0.2, 0.25) is 5.91 Å². The number of aliphatic carboxylic acids is 1. The first-order valence-corrected chi connectivity index (χ1v) is 8.19. The van der Waals surface area contributed by atoms with Crippen molar-refractivity contribution in [3.05, 3.63) is 35.4 Å². The highest BCUT2D eigenvalue weighted by Crippen LogP contribution is 2.30. The minimum atomic E-state index is -1.28. The summed E-state index contributed by atoms with van der Waals surface area (Å²) in [6.07, 6.45) is 0. The maximum Gasteiger partial charge on any atom is 0.325 e. The smallest absolute Gasteiger partial charge is 0.325 e. The van der Waals surface area contributed by atoms with Gasteiger partial charge < -0.3 is 15.7 Å². The summed E-state index contributed by atoms with van der Waals surface area (Å²) in [5.74, 6) is -2.49. The van der Waals surface area contributed by atoms with E-state index in [1.54, 1.807) is 19.1 Å². The van der Waals surface area contributed by atoms with Crippen LogP contribution in [-0.2, 0) is 25.3 Å². The van der Waals surface area contributed by atoms with Gasteiger partial charge in [-0.05, 0) is 23.5 Å². The molecule has 1 atom stereocenters. The predicted octanol–water partition coefficient (Wildman–Crippen LogP) is 0.952. The number of rotatable bonds is 5. The largest absolute Gasteiger partial charge is 0.480 e. The SMILES string of the molecule is CC(C)(C)c1ccc(C2(C)NC(=O)N(CC(=O)NCC(=O)O)C2=O)cc1. The molecule has 0 radical (unpaired) electrons. The topological polar surface area (TPSA) is 116 Å². The van der Waals surface area contributed by atoms with Gasteiger partial charge in [0.25, 0.3) is 5.91 Å². The molecule has 2 rings (SSSR count). The van der Waals surface area contributed by atoms with E-state index in [1.807, 2.05) is 12.1 Å². The number of carbonyl (C=O) groups excluding carboxylic acids is 3. The first kappa shape index (κ1) is 19.4. The number of carboxylic acid groups (broad SMARTS) is 1. The van der Waals surface area contributed by atoms with E-state index in [9.17, 15) is 19.2 Å². The minimum Gasteiger partial charge on any atom is -0.480 e. The monoisotopic (exact) mass is 361 g/mol. The van der Waals surface area contributed by atoms with Crippen LogP contribution in [0.2, 0.25) is 0 Å². The van der Waals surface area contributed by atoms with Crippen molar-refractivity contribution in [2.75, 3.05) is 13.1 Å². The number of hydrogen-bond acceptors (Lipinski definition) is 4. The van der Waals surface area contributed by atoms with Crippen LogP contribution in [-0.4, -0.2) is 46.9 Å². The number of imide groups is 1. The summed E-state index contributed by atoms with van der Waals surface area (Å²) in [5.41, 5.74) is 0.376. The summed E-state index contributed by atoms with van der Waals surface area (Å²) in [6.45, 7) is 6.69. The fourth-order valence-electron chi connectivity index (χ4n) is 2.71. The number of carbonyl (C=O) groups is 4. The number of nitrogens with one attached hydrogen (secondary N) is 2. The Morgan fingerprint density at radius 2 is 1.77 bits per heavy atom. The number of carboxylic acids is 1. The first-order chi connectivity index (χ1) is 11.9. The fourth-order valence-corrected chi connectivity index (χ4v) is 2.71. The third kappa shape index (κ3) is 3.84. The molecule has 1 saturated heterocycles. The van der Waals surface area contributed by atoms with Gasteiger partial charge in [0, 0.05) is 0 Å². The van der Waals surface area contributed by atoms with Gasteiger partial charge >= 0.3 is 12.0 Å². The molecule has 1 heterocycles. The van der Waals surface area contributed by atoms with Crippen molar-refractivity contribution in [3.8, 4) is 0 Å². The molecule has 4 amide bonds. The lowest BCUT2D eigenvalue weighted by molar-refractivity contribution is -0.138. The lowest BCUT2D eigenvalue weighted by Gasteiger charge is -2.24. The van der Waals surface area contributed by atoms with Crippen LogP contribution < -0.4 is 10.6 Å². The average Bonchev–Trinajstić information content (AvgIpc) is 2.76. The molecule has 0 aliphatic carbocycles. The highest BCUT2D eigenvalue weighted by molar-refractivity contribution is 6.09. The number of hydrogen-bond donors (Lipinski definition) is 3. The lowest BCUT2D eigenvalue weighted by atomic mass is 9.84. The van der Waals surface area contributed by atoms with Crippen molar-refractivity contribution >= 4 is 23.8 Å². The third-order valence-electron chi connectivity index (χ3n) is 4.34. The first-order valence-electron chi connectivity index (χ1n) is 8.19. The van der Waals surface area contributed by atoms with Crippen LogP contribution in [0.15, 0.2) is 24.3 Å². The van der Waals surface area contributed by atoms with Gasteiger partial charge in [0.1, 0.15) is 18.6 Å². The molecule has 0 saturated carbocycles. The van der Waals surface area contributed by atoms with Crippen molar-refractivity contribution < 1.29 is 24.3 Å². The minimum absolute atomic E-state index is 0.0450. The summed E-state index contributed by atoms with van der Waals surface area (Å²) >= 11 is 0. The summed E-state index contributed by atoms with van der Waals surface area (Å²) in [4.78, 5) is 47.9. The maximum absolute atomic E-state index is 12.7. The Kier molecular flexibility index (Phi) is 5.06. The summed E-state index contributed by atoms with van der Waals surface area (Å²) in [6, 6.07) is 6.69. The zero-order valence-electron chi connectivity index (χ0n) is 15.3. The predicted molar refractivity (Wildman–Crippen MR) is 93.4 cm³/mol. The summed E-state index contributed by atoms with van der Waals surface area (Å²) < 4.78 is 0. The molecule has 1 unspecified atom stereocenters. The Morgan fingerprint density at radius 1 is 1.19 bits per heavy atom. The van der Waals surface area contributed by atoms with E-state index in [4.69, 9.17) is 5.11 Å². The molecular formula is C18H23N3O5. The normalized spacial score (nSPS) is 20.1. The number of nitrogens with zero attached hydrogens (tertiary/aromatic N) is 1. The number of benzene rings is 1. The van der Waals surface area contributed by atoms with Gasteiger partial charge in [-0.25, -0.2) is 4.79 Å². The van der Waals surface area contributed by atoms with Gasteiger partial charge in [-0.2, -0.15) is 0 Å². The third-order valence-corrected chi connectivity index (χ3v) is 4.34. The molecular weight excluding hydrogens is 338 g/mol. The molecule has 3 N–H and O–H groups in total. The molecule has 1 aliphatic heterocycles. The summed E-state index contributed by atoms with van der Waals surface area (Å²) in [5, 5.41) is 13.3. The molecule has 0 spiro atoms. The molecule has 1 aromatic carbocycles. The highest BCUT2D eigenvalue weighted by atomic mass is 16.4. The Morgan fingerprint density at radius 3 is 2.27 bits per heavy atom. The Balaban J connectivity index is 2.18. The molecule has 8 heteroatoms. The number of amides is 4. The lowest BCUT2D eigenvalue weighted by Crippen LogP contribution is -2.44. The molecule has 0 bridgehead atoms. The van der Waals surface area contributed by atoms with Gasteiger partial charge in [0.15, 0.2) is 0 Å². The van der Waals surface area contributed by atoms with Crippen LogP contribution >= 0.6 is 0 Å². The van der Waals surface area contributed by atoms with E-state index in [0.29, 0.717) is 5.56 Å². The molecule has 1 aromatic rings. The van der Waals surface area contributed by atoms with Crippen LogP contribution in [0.25, 0.3) is 0 Å². The van der Waals surface area contributed by atoms with E-state index >= 15 is 0 Å². The van der Waals surface area contributed by atoms with Crippen LogP contribution in [0.1, 0.15) is 38.8 Å². The van der Waals surface area contributed by atoms with Crippen molar-refractivity contribution in [2.24, 2.45) is 0 Å². The van der Waals surface area contributed by atoms with Gasteiger partial charge in [-0.1, -0.05) is 45.0 Å². The molecule has 26 heavy (non-hydrogen) atoms. The van der Waals surface area contributed by atoms with Crippen molar-refractivity contribution in [3.63, 3.8) is 0 Å². The second-order valence-electron chi connectivity index (χ2n) is 7.44. The van der Waals surface area contributed by atoms with E-state index < -0.39 is 42.4 Å². The van der Waals surface area contributed by atoms with Crippen LogP contribution in [0.3, 0.4) is 0 Å². The van der Waals surface area contributed by atoms with E-state index in [1.165, 1.54) is 0 Å². The van der Waals surface area contributed by atoms with Gasteiger partial charge in [0.05, 0.1) is 0 Å². The molecule has 1 aliphatic rings. The second-order valence-corrected chi connectivity index (χ2v) is 7.44. The molecule has 0 aromatic heterocycles. The zero-order chi connectivity index (χ0) is 19.7.